The average Bonchev–Trinajstić information content (AvgIpc) is 3.35. The summed E-state index contributed by atoms with van der Waals surface area (Å²) in [6, 6.07) is 3.80. The van der Waals surface area contributed by atoms with E-state index in [0.717, 1.165) is 31.4 Å². The van der Waals surface area contributed by atoms with E-state index in [1.807, 2.05) is 11.4 Å². The molecule has 0 unspecified atom stereocenters. The number of hydrogen-bond donors (Lipinski definition) is 2. The Kier molecular flexibility index (Phi) is 5.65. The van der Waals surface area contributed by atoms with Crippen LogP contribution in [0.5, 0.6) is 0 Å². The van der Waals surface area contributed by atoms with Crippen LogP contribution in [-0.2, 0) is 23.0 Å². The normalized spacial score (nSPS) is 21.0. The van der Waals surface area contributed by atoms with Gasteiger partial charge >= 0.3 is 0 Å². The number of thiophene rings is 2. The predicted molar refractivity (Wildman–Crippen MR) is 108 cm³/mol. The molecule has 2 N–H and O–H groups in total. The Bertz CT molecular complexity index is 913. The van der Waals surface area contributed by atoms with E-state index in [-0.39, 0.29) is 21.7 Å². The van der Waals surface area contributed by atoms with Crippen molar-refractivity contribution in [2.45, 2.75) is 43.2 Å². The molecule has 1 atom stereocenters. The molecule has 1 saturated heterocycles. The molecule has 0 aliphatic carbocycles. The fraction of sp³-hybridized carbons (Fsp3) is 0.500. The molecule has 1 fully saturated rings. The van der Waals surface area contributed by atoms with E-state index in [1.165, 1.54) is 26.9 Å². The fourth-order valence-corrected chi connectivity index (χ4v) is 7.25. The van der Waals surface area contributed by atoms with Crippen molar-refractivity contribution < 1.29 is 13.2 Å². The maximum atomic E-state index is 13.2. The average molecular weight is 426 g/mol. The molecule has 0 spiro atoms. The lowest BCUT2D eigenvalue weighted by atomic mass is 10.1. The van der Waals surface area contributed by atoms with Gasteiger partial charge in [-0.1, -0.05) is 6.42 Å². The Morgan fingerprint density at radius 1 is 1.26 bits per heavy atom. The lowest BCUT2D eigenvalue weighted by Gasteiger charge is -2.26. The van der Waals surface area contributed by atoms with Gasteiger partial charge in [-0.25, -0.2) is 8.42 Å². The van der Waals surface area contributed by atoms with Crippen molar-refractivity contribution in [1.29, 1.82) is 0 Å². The molecule has 1 amide bonds. The van der Waals surface area contributed by atoms with Gasteiger partial charge in [-0.05, 0) is 54.3 Å². The van der Waals surface area contributed by atoms with Crippen LogP contribution in [0.2, 0.25) is 0 Å². The van der Waals surface area contributed by atoms with Gasteiger partial charge in [-0.15, -0.1) is 22.7 Å². The Morgan fingerprint density at radius 2 is 2.11 bits per heavy atom. The summed E-state index contributed by atoms with van der Waals surface area (Å²) in [5.41, 5.74) is 1.07. The number of amides is 1. The van der Waals surface area contributed by atoms with Crippen LogP contribution in [-0.4, -0.2) is 44.3 Å². The topological polar surface area (TPSA) is 78.5 Å². The number of carbonyl (C=O) groups excluding carboxylic acids is 1. The lowest BCUT2D eigenvalue weighted by molar-refractivity contribution is 0.0948. The van der Waals surface area contributed by atoms with Crippen LogP contribution in [0.4, 0.5) is 0 Å². The SMILES string of the molecule is O=C(NC[C@H]1CCCCN1)c1sccc1S(=O)(=O)N1CCc2sccc2C1. The maximum Gasteiger partial charge on any atom is 0.262 e. The molecule has 146 valence electrons. The highest BCUT2D eigenvalue weighted by Gasteiger charge is 2.33. The summed E-state index contributed by atoms with van der Waals surface area (Å²) in [5.74, 6) is -0.302. The minimum atomic E-state index is -3.69. The van der Waals surface area contributed by atoms with E-state index in [2.05, 4.69) is 10.6 Å². The molecule has 2 aromatic rings. The highest BCUT2D eigenvalue weighted by molar-refractivity contribution is 7.89. The monoisotopic (exact) mass is 425 g/mol. The molecular weight excluding hydrogens is 402 g/mol. The van der Waals surface area contributed by atoms with Gasteiger partial charge in [0.1, 0.15) is 9.77 Å². The van der Waals surface area contributed by atoms with Gasteiger partial charge in [0, 0.05) is 30.6 Å². The number of nitrogens with one attached hydrogen (secondary N) is 2. The van der Waals surface area contributed by atoms with Crippen LogP contribution < -0.4 is 10.6 Å². The maximum absolute atomic E-state index is 13.2. The molecule has 9 heteroatoms. The zero-order chi connectivity index (χ0) is 18.9. The first-order valence-corrected chi connectivity index (χ1v) is 12.4. The van der Waals surface area contributed by atoms with Gasteiger partial charge in [0.2, 0.25) is 10.0 Å². The molecule has 6 nitrogen and oxygen atoms in total. The van der Waals surface area contributed by atoms with Crippen molar-refractivity contribution in [3.63, 3.8) is 0 Å². The molecule has 0 bridgehead atoms. The van der Waals surface area contributed by atoms with E-state index in [4.69, 9.17) is 0 Å². The number of carbonyl (C=O) groups is 1. The van der Waals surface area contributed by atoms with Gasteiger partial charge in [0.25, 0.3) is 5.91 Å². The number of fused-ring (bicyclic) bond motifs is 1. The van der Waals surface area contributed by atoms with Gasteiger partial charge in [-0.2, -0.15) is 4.31 Å². The summed E-state index contributed by atoms with van der Waals surface area (Å²) in [5, 5.41) is 9.98. The Morgan fingerprint density at radius 3 is 2.93 bits per heavy atom. The standard InChI is InChI=1S/C18H23N3O3S3/c22-18(20-11-14-3-1-2-7-19-14)17-16(6-10-26-17)27(23,24)21-8-4-15-13(12-21)5-9-25-15/h5-6,9-10,14,19H,1-4,7-8,11-12H2,(H,20,22)/t14-/m1/s1. The minimum absolute atomic E-state index is 0.125. The number of piperidine rings is 1. The summed E-state index contributed by atoms with van der Waals surface area (Å²) in [7, 11) is -3.69. The molecule has 0 saturated carbocycles. The summed E-state index contributed by atoms with van der Waals surface area (Å²) >= 11 is 2.86. The zero-order valence-corrected chi connectivity index (χ0v) is 17.4. The number of nitrogens with zero attached hydrogens (tertiary/aromatic N) is 1. The molecule has 2 aromatic heterocycles. The third-order valence-electron chi connectivity index (χ3n) is 5.15. The van der Waals surface area contributed by atoms with Crippen molar-refractivity contribution in [2.24, 2.45) is 0 Å². The highest BCUT2D eigenvalue weighted by atomic mass is 32.2. The first-order valence-electron chi connectivity index (χ1n) is 9.20. The van der Waals surface area contributed by atoms with Crippen molar-refractivity contribution in [1.82, 2.24) is 14.9 Å². The van der Waals surface area contributed by atoms with Crippen LogP contribution in [0.3, 0.4) is 0 Å². The minimum Gasteiger partial charge on any atom is -0.350 e. The van der Waals surface area contributed by atoms with Gasteiger partial charge in [0.15, 0.2) is 0 Å². The van der Waals surface area contributed by atoms with Crippen LogP contribution in [0.15, 0.2) is 27.8 Å². The second kappa shape index (κ2) is 8.00. The molecule has 4 heterocycles. The van der Waals surface area contributed by atoms with E-state index < -0.39 is 10.0 Å². The summed E-state index contributed by atoms with van der Waals surface area (Å²) < 4.78 is 27.8. The second-order valence-corrected chi connectivity index (χ2v) is 10.8. The van der Waals surface area contributed by atoms with Crippen LogP contribution in [0, 0.1) is 0 Å². The number of hydrogen-bond acceptors (Lipinski definition) is 6. The van der Waals surface area contributed by atoms with Crippen LogP contribution >= 0.6 is 22.7 Å². The van der Waals surface area contributed by atoms with Gasteiger partial charge < -0.3 is 10.6 Å². The third kappa shape index (κ3) is 3.97. The van der Waals surface area contributed by atoms with E-state index in [9.17, 15) is 13.2 Å². The number of rotatable bonds is 5. The molecular formula is C18H23N3O3S3. The summed E-state index contributed by atoms with van der Waals surface area (Å²) in [6.45, 7) is 2.33. The lowest BCUT2D eigenvalue weighted by Crippen LogP contribution is -2.43. The first-order chi connectivity index (χ1) is 13.1. The first kappa shape index (κ1) is 19.1. The van der Waals surface area contributed by atoms with E-state index in [0.29, 0.717) is 19.6 Å². The Hall–Kier alpha value is -1.26. The van der Waals surface area contributed by atoms with Crippen LogP contribution in [0.1, 0.15) is 39.4 Å². The predicted octanol–water partition coefficient (Wildman–Crippen LogP) is 2.43. The van der Waals surface area contributed by atoms with Crippen molar-refractivity contribution in [3.8, 4) is 0 Å². The second-order valence-electron chi connectivity index (χ2n) is 6.93. The summed E-state index contributed by atoms with van der Waals surface area (Å²) in [4.78, 5) is 14.3. The smallest absolute Gasteiger partial charge is 0.262 e. The largest absolute Gasteiger partial charge is 0.350 e. The molecule has 2 aliphatic heterocycles. The third-order valence-corrected chi connectivity index (χ3v) is 9.10. The highest BCUT2D eigenvalue weighted by Crippen LogP contribution is 2.31. The zero-order valence-electron chi connectivity index (χ0n) is 14.9. The van der Waals surface area contributed by atoms with E-state index >= 15 is 0 Å². The number of sulfonamides is 1. The van der Waals surface area contributed by atoms with Crippen molar-refractivity contribution in [3.05, 3.63) is 38.2 Å². The van der Waals surface area contributed by atoms with E-state index in [1.54, 1.807) is 22.8 Å². The molecule has 4 rings (SSSR count). The molecule has 0 radical (unpaired) electrons. The van der Waals surface area contributed by atoms with Crippen molar-refractivity contribution >= 4 is 38.6 Å². The quantitative estimate of drug-likeness (QED) is 0.771. The van der Waals surface area contributed by atoms with Crippen LogP contribution in [0.25, 0.3) is 0 Å². The molecule has 2 aliphatic rings. The molecule has 27 heavy (non-hydrogen) atoms. The van der Waals surface area contributed by atoms with Crippen molar-refractivity contribution in [2.75, 3.05) is 19.6 Å². The summed E-state index contributed by atoms with van der Waals surface area (Å²) in [6.07, 6.45) is 4.09. The fourth-order valence-electron chi connectivity index (χ4n) is 3.63. The molecule has 0 aromatic carbocycles. The Balaban J connectivity index is 1.48. The van der Waals surface area contributed by atoms with Gasteiger partial charge in [0.05, 0.1) is 0 Å². The Labute approximate surface area is 167 Å². The van der Waals surface area contributed by atoms with Gasteiger partial charge in [-0.3, -0.25) is 4.79 Å².